The average Bonchev–Trinajstić information content (AvgIpc) is 3.37. The molecule has 24 heavy (non-hydrogen) atoms. The second-order valence-corrected chi connectivity index (χ2v) is 6.46. The van der Waals surface area contributed by atoms with Crippen LogP contribution in [0.15, 0.2) is 23.3 Å². The molecule has 1 fully saturated rings. The molecular weight excluding hydrogens is 302 g/mol. The van der Waals surface area contributed by atoms with Crippen molar-refractivity contribution in [2.24, 2.45) is 16.6 Å². The molecule has 4 rings (SSSR count). The summed E-state index contributed by atoms with van der Waals surface area (Å²) >= 11 is 0. The summed E-state index contributed by atoms with van der Waals surface area (Å²) in [5.74, 6) is 2.57. The number of allylic oxidation sites excluding steroid dienone is 1. The molecule has 1 saturated carbocycles. The van der Waals surface area contributed by atoms with Crippen LogP contribution in [0.1, 0.15) is 25.1 Å². The quantitative estimate of drug-likeness (QED) is 0.829. The van der Waals surface area contributed by atoms with Gasteiger partial charge in [-0.15, -0.1) is 0 Å². The van der Waals surface area contributed by atoms with E-state index in [2.05, 4.69) is 27.0 Å². The minimum atomic E-state index is 0.714. The van der Waals surface area contributed by atoms with Gasteiger partial charge in [0.15, 0.2) is 0 Å². The van der Waals surface area contributed by atoms with E-state index in [4.69, 9.17) is 15.5 Å². The molecule has 3 N–H and O–H groups in total. The minimum absolute atomic E-state index is 0.714. The van der Waals surface area contributed by atoms with Gasteiger partial charge in [0.1, 0.15) is 17.1 Å². The summed E-state index contributed by atoms with van der Waals surface area (Å²) < 4.78 is 8.18. The third-order valence-corrected chi connectivity index (χ3v) is 4.59. The van der Waals surface area contributed by atoms with Crippen molar-refractivity contribution in [3.63, 3.8) is 0 Å². The summed E-state index contributed by atoms with van der Waals surface area (Å²) in [4.78, 5) is 8.92. The van der Waals surface area contributed by atoms with Gasteiger partial charge in [0, 0.05) is 44.3 Å². The normalized spacial score (nSPS) is 18.0. The highest BCUT2D eigenvalue weighted by atomic mass is 16.5. The topological polar surface area (TPSA) is 77.5 Å². The van der Waals surface area contributed by atoms with Crippen molar-refractivity contribution in [1.82, 2.24) is 9.55 Å². The smallest absolute Gasteiger partial charge is 0.147 e. The number of nitrogens with two attached hydrogens (primary N) is 1. The largest absolute Gasteiger partial charge is 0.491 e. The van der Waals surface area contributed by atoms with Crippen molar-refractivity contribution < 1.29 is 4.74 Å². The first-order valence-electron chi connectivity index (χ1n) is 8.55. The number of ether oxygens (including phenoxy) is 1. The Hall–Kier alpha value is -2.50. The summed E-state index contributed by atoms with van der Waals surface area (Å²) in [5.41, 5.74) is 9.68. The molecular formula is C18H23N5O. The summed E-state index contributed by atoms with van der Waals surface area (Å²) in [6.45, 7) is 2.60. The lowest BCUT2D eigenvalue weighted by Crippen LogP contribution is -2.05. The van der Waals surface area contributed by atoms with E-state index in [1.54, 1.807) is 19.5 Å². The fourth-order valence-corrected chi connectivity index (χ4v) is 3.18. The first-order valence-corrected chi connectivity index (χ1v) is 8.55. The molecule has 0 spiro atoms. The third-order valence-electron chi connectivity index (χ3n) is 4.59. The van der Waals surface area contributed by atoms with Gasteiger partial charge in [-0.1, -0.05) is 0 Å². The second-order valence-electron chi connectivity index (χ2n) is 6.46. The van der Waals surface area contributed by atoms with Gasteiger partial charge in [0.05, 0.1) is 17.7 Å². The number of aromatic nitrogens is 2. The molecule has 6 nitrogen and oxygen atoms in total. The molecule has 0 atom stereocenters. The van der Waals surface area contributed by atoms with Gasteiger partial charge in [-0.3, -0.25) is 4.99 Å². The van der Waals surface area contributed by atoms with Crippen LogP contribution in [-0.4, -0.2) is 36.0 Å². The number of hydrogen-bond acceptors (Lipinski definition) is 5. The lowest BCUT2D eigenvalue weighted by Gasteiger charge is -2.10. The van der Waals surface area contributed by atoms with Crippen molar-refractivity contribution in [1.29, 1.82) is 0 Å². The van der Waals surface area contributed by atoms with Crippen LogP contribution in [-0.2, 0) is 6.54 Å². The van der Waals surface area contributed by atoms with E-state index in [-0.39, 0.29) is 0 Å². The minimum Gasteiger partial charge on any atom is -0.491 e. The van der Waals surface area contributed by atoms with Crippen LogP contribution in [0.3, 0.4) is 0 Å². The Bertz CT molecular complexity index is 816. The Morgan fingerprint density at radius 3 is 3.12 bits per heavy atom. The van der Waals surface area contributed by atoms with Gasteiger partial charge in [0.25, 0.3) is 0 Å². The van der Waals surface area contributed by atoms with E-state index in [1.807, 2.05) is 0 Å². The molecule has 2 aromatic rings. The molecule has 126 valence electrons. The van der Waals surface area contributed by atoms with Crippen molar-refractivity contribution in [3.8, 4) is 5.75 Å². The standard InChI is InChI=1S/C18H23N5O/c1-20-11-13(9-19)18-22-15-7-14(21-10-12-3-4-12)8-16-17(15)23(18)5-2-6-24-16/h7-9,11-12,21H,2-6,10,19H2,1H3. The van der Waals surface area contributed by atoms with Crippen LogP contribution in [0.25, 0.3) is 16.6 Å². The third kappa shape index (κ3) is 2.72. The number of benzene rings is 1. The predicted molar refractivity (Wildman–Crippen MR) is 97.6 cm³/mol. The van der Waals surface area contributed by atoms with Crippen LogP contribution >= 0.6 is 0 Å². The summed E-state index contributed by atoms with van der Waals surface area (Å²) in [5, 5.41) is 3.52. The van der Waals surface area contributed by atoms with E-state index in [0.717, 1.165) is 59.3 Å². The lowest BCUT2D eigenvalue weighted by molar-refractivity contribution is 0.315. The number of imidazole rings is 1. The van der Waals surface area contributed by atoms with Crippen molar-refractivity contribution >= 4 is 28.5 Å². The van der Waals surface area contributed by atoms with Crippen molar-refractivity contribution in [2.45, 2.75) is 25.8 Å². The Balaban J connectivity index is 1.81. The number of nitrogens with one attached hydrogen (secondary N) is 1. The zero-order chi connectivity index (χ0) is 16.5. The zero-order valence-electron chi connectivity index (χ0n) is 14.0. The van der Waals surface area contributed by atoms with Crippen LogP contribution in [0.5, 0.6) is 5.75 Å². The Morgan fingerprint density at radius 2 is 2.38 bits per heavy atom. The van der Waals surface area contributed by atoms with Gasteiger partial charge in [-0.2, -0.15) is 0 Å². The molecule has 1 aliphatic carbocycles. The summed E-state index contributed by atoms with van der Waals surface area (Å²) in [6, 6.07) is 4.20. The summed E-state index contributed by atoms with van der Waals surface area (Å²) in [7, 11) is 1.74. The number of aryl methyl sites for hydroxylation is 1. The van der Waals surface area contributed by atoms with Gasteiger partial charge in [0.2, 0.25) is 0 Å². The highest BCUT2D eigenvalue weighted by molar-refractivity contribution is 6.09. The fourth-order valence-electron chi connectivity index (χ4n) is 3.18. The number of hydrogen-bond donors (Lipinski definition) is 2. The predicted octanol–water partition coefficient (Wildman–Crippen LogP) is 2.64. The van der Waals surface area contributed by atoms with E-state index >= 15 is 0 Å². The van der Waals surface area contributed by atoms with Crippen molar-refractivity contribution in [3.05, 3.63) is 24.2 Å². The Morgan fingerprint density at radius 1 is 1.50 bits per heavy atom. The lowest BCUT2D eigenvalue weighted by atomic mass is 10.2. The molecule has 6 heteroatoms. The van der Waals surface area contributed by atoms with Gasteiger partial charge < -0.3 is 20.4 Å². The van der Waals surface area contributed by atoms with Gasteiger partial charge in [-0.05, 0) is 31.2 Å². The van der Waals surface area contributed by atoms with E-state index in [9.17, 15) is 0 Å². The molecule has 1 aromatic heterocycles. The Kier molecular flexibility index (Phi) is 3.88. The van der Waals surface area contributed by atoms with E-state index < -0.39 is 0 Å². The SMILES string of the molecule is CN=CC(=CN)c1nc2cc(NCC3CC3)cc3c2n1CCCO3. The van der Waals surface area contributed by atoms with Gasteiger partial charge >= 0.3 is 0 Å². The monoisotopic (exact) mass is 325 g/mol. The molecule has 1 aromatic carbocycles. The van der Waals surface area contributed by atoms with Crippen LogP contribution in [0.4, 0.5) is 5.69 Å². The first kappa shape index (κ1) is 15.1. The Labute approximate surface area is 141 Å². The first-order chi connectivity index (χ1) is 11.8. The number of nitrogens with zero attached hydrogens (tertiary/aromatic N) is 3. The molecule has 0 bridgehead atoms. The zero-order valence-corrected chi connectivity index (χ0v) is 14.0. The van der Waals surface area contributed by atoms with Crippen LogP contribution in [0.2, 0.25) is 0 Å². The molecule has 0 saturated heterocycles. The molecule has 0 unspecified atom stereocenters. The molecule has 0 radical (unpaired) electrons. The second kappa shape index (κ2) is 6.19. The number of aliphatic imine (C=N–C) groups is 1. The van der Waals surface area contributed by atoms with Crippen molar-refractivity contribution in [2.75, 3.05) is 25.5 Å². The highest BCUT2D eigenvalue weighted by Crippen LogP contribution is 2.35. The van der Waals surface area contributed by atoms with Crippen LogP contribution < -0.4 is 15.8 Å². The van der Waals surface area contributed by atoms with E-state index in [1.165, 1.54) is 12.8 Å². The van der Waals surface area contributed by atoms with Gasteiger partial charge in [-0.25, -0.2) is 4.98 Å². The number of rotatable bonds is 5. The fraction of sp³-hybridized carbons (Fsp3) is 0.444. The molecule has 2 aliphatic rings. The summed E-state index contributed by atoms with van der Waals surface area (Å²) in [6.07, 6.45) is 6.92. The average molecular weight is 325 g/mol. The maximum atomic E-state index is 5.99. The maximum absolute atomic E-state index is 5.99. The molecule has 2 heterocycles. The highest BCUT2D eigenvalue weighted by Gasteiger charge is 2.23. The maximum Gasteiger partial charge on any atom is 0.147 e. The number of anilines is 1. The molecule has 0 amide bonds. The van der Waals surface area contributed by atoms with Crippen LogP contribution in [0, 0.1) is 5.92 Å². The van der Waals surface area contributed by atoms with E-state index in [0.29, 0.717) is 6.61 Å². The molecule has 1 aliphatic heterocycles.